The van der Waals surface area contributed by atoms with E-state index in [0.717, 1.165) is 50.0 Å². The summed E-state index contributed by atoms with van der Waals surface area (Å²) in [5, 5.41) is 14.4. The van der Waals surface area contributed by atoms with Gasteiger partial charge in [0.25, 0.3) is 0 Å². The summed E-state index contributed by atoms with van der Waals surface area (Å²) in [5.74, 6) is 2.16. The molecule has 1 saturated carbocycles. The molecule has 6 heteroatoms. The largest absolute Gasteiger partial charge is 0.387 e. The molecular formula is C18H24N4O2. The Labute approximate surface area is 142 Å². The van der Waals surface area contributed by atoms with Crippen LogP contribution in [0, 0.1) is 0 Å². The first-order valence-corrected chi connectivity index (χ1v) is 8.78. The van der Waals surface area contributed by atoms with E-state index >= 15 is 0 Å². The van der Waals surface area contributed by atoms with Crippen LogP contribution in [0.3, 0.4) is 0 Å². The maximum Gasteiger partial charge on any atom is 0.240 e. The molecule has 2 aliphatic rings. The Hall–Kier alpha value is -1.76. The highest BCUT2D eigenvalue weighted by Crippen LogP contribution is 2.38. The van der Waals surface area contributed by atoms with Gasteiger partial charge in [0.2, 0.25) is 5.89 Å². The van der Waals surface area contributed by atoms with Crippen LogP contribution in [0.25, 0.3) is 0 Å². The van der Waals surface area contributed by atoms with Crippen LogP contribution in [0.5, 0.6) is 0 Å². The van der Waals surface area contributed by atoms with Crippen LogP contribution >= 0.6 is 0 Å². The SMILES string of the molecule is O[C@@H](CN1CCN(Cc2nc(C3CC3)no2)CC1)c1ccccc1. The Kier molecular flexibility index (Phi) is 4.60. The molecule has 1 N–H and O–H groups in total. The molecule has 24 heavy (non-hydrogen) atoms. The average molecular weight is 328 g/mol. The number of aliphatic hydroxyl groups is 1. The van der Waals surface area contributed by atoms with E-state index < -0.39 is 6.10 Å². The van der Waals surface area contributed by atoms with Crippen LogP contribution < -0.4 is 0 Å². The monoisotopic (exact) mass is 328 g/mol. The van der Waals surface area contributed by atoms with E-state index in [-0.39, 0.29) is 0 Å². The fraction of sp³-hybridized carbons (Fsp3) is 0.556. The van der Waals surface area contributed by atoms with Crippen molar-refractivity contribution in [2.24, 2.45) is 0 Å². The van der Waals surface area contributed by atoms with Crippen molar-refractivity contribution in [3.63, 3.8) is 0 Å². The average Bonchev–Trinajstić information content (AvgIpc) is 3.37. The summed E-state index contributed by atoms with van der Waals surface area (Å²) in [7, 11) is 0. The number of benzene rings is 1. The van der Waals surface area contributed by atoms with Crippen molar-refractivity contribution in [3.05, 3.63) is 47.6 Å². The molecule has 2 heterocycles. The first-order valence-electron chi connectivity index (χ1n) is 8.78. The van der Waals surface area contributed by atoms with Crippen LogP contribution in [0.1, 0.15) is 42.1 Å². The molecule has 0 amide bonds. The Morgan fingerprint density at radius 1 is 1.08 bits per heavy atom. The molecule has 6 nitrogen and oxygen atoms in total. The number of rotatable bonds is 6. The molecule has 128 valence electrons. The zero-order chi connectivity index (χ0) is 16.4. The van der Waals surface area contributed by atoms with Gasteiger partial charge in [-0.3, -0.25) is 9.80 Å². The molecule has 0 unspecified atom stereocenters. The lowest BCUT2D eigenvalue weighted by molar-refractivity contribution is 0.0663. The fourth-order valence-electron chi connectivity index (χ4n) is 3.19. The van der Waals surface area contributed by atoms with Gasteiger partial charge < -0.3 is 9.63 Å². The van der Waals surface area contributed by atoms with Crippen LogP contribution in [0.4, 0.5) is 0 Å². The molecule has 1 aromatic heterocycles. The fourth-order valence-corrected chi connectivity index (χ4v) is 3.19. The van der Waals surface area contributed by atoms with Crippen molar-refractivity contribution in [1.82, 2.24) is 19.9 Å². The highest BCUT2D eigenvalue weighted by Gasteiger charge is 2.29. The minimum Gasteiger partial charge on any atom is -0.387 e. The van der Waals surface area contributed by atoms with Gasteiger partial charge in [-0.1, -0.05) is 35.5 Å². The standard InChI is InChI=1S/C18H24N4O2/c23-16(14-4-2-1-3-5-14)12-21-8-10-22(11-9-21)13-17-19-18(20-24-17)15-6-7-15/h1-5,15-16,23H,6-13H2/t16-/m0/s1. The van der Waals surface area contributed by atoms with Gasteiger partial charge in [0, 0.05) is 38.6 Å². The molecule has 1 atom stereocenters. The Bertz CT molecular complexity index is 648. The van der Waals surface area contributed by atoms with Crippen molar-refractivity contribution in [2.75, 3.05) is 32.7 Å². The van der Waals surface area contributed by atoms with E-state index in [4.69, 9.17) is 4.52 Å². The quantitative estimate of drug-likeness (QED) is 0.872. The number of hydrogen-bond acceptors (Lipinski definition) is 6. The van der Waals surface area contributed by atoms with Crippen LogP contribution in [0.15, 0.2) is 34.9 Å². The molecule has 1 aromatic carbocycles. The van der Waals surface area contributed by atoms with Crippen LogP contribution in [0.2, 0.25) is 0 Å². The van der Waals surface area contributed by atoms with E-state index in [9.17, 15) is 5.11 Å². The molecular weight excluding hydrogens is 304 g/mol. The van der Waals surface area contributed by atoms with Crippen molar-refractivity contribution in [3.8, 4) is 0 Å². The number of aliphatic hydroxyl groups excluding tert-OH is 1. The molecule has 1 saturated heterocycles. The normalized spacial score (nSPS) is 21.0. The number of hydrogen-bond donors (Lipinski definition) is 1. The summed E-state index contributed by atoms with van der Waals surface area (Å²) in [6.45, 7) is 5.24. The topological polar surface area (TPSA) is 65.6 Å². The molecule has 0 spiro atoms. The minimum atomic E-state index is -0.421. The highest BCUT2D eigenvalue weighted by molar-refractivity contribution is 5.17. The third kappa shape index (κ3) is 3.83. The van der Waals surface area contributed by atoms with E-state index in [1.54, 1.807) is 0 Å². The van der Waals surface area contributed by atoms with Gasteiger partial charge >= 0.3 is 0 Å². The van der Waals surface area contributed by atoms with Gasteiger partial charge in [-0.2, -0.15) is 4.98 Å². The summed E-state index contributed by atoms with van der Waals surface area (Å²) in [6, 6.07) is 9.87. The Morgan fingerprint density at radius 3 is 2.50 bits per heavy atom. The van der Waals surface area contributed by atoms with Crippen LogP contribution in [-0.2, 0) is 6.54 Å². The van der Waals surface area contributed by atoms with E-state index in [1.165, 1.54) is 12.8 Å². The predicted octanol–water partition coefficient (Wildman–Crippen LogP) is 1.80. The third-order valence-electron chi connectivity index (χ3n) is 4.87. The first kappa shape index (κ1) is 15.7. The molecule has 1 aliphatic heterocycles. The molecule has 2 fully saturated rings. The van der Waals surface area contributed by atoms with Gasteiger partial charge in [-0.05, 0) is 18.4 Å². The van der Waals surface area contributed by atoms with E-state index in [2.05, 4.69) is 19.9 Å². The summed E-state index contributed by atoms with van der Waals surface area (Å²) in [6.07, 6.45) is 1.97. The molecule has 2 aromatic rings. The summed E-state index contributed by atoms with van der Waals surface area (Å²) in [4.78, 5) is 9.16. The van der Waals surface area contributed by atoms with Gasteiger partial charge in [-0.25, -0.2) is 0 Å². The second-order valence-electron chi connectivity index (χ2n) is 6.82. The number of aromatic nitrogens is 2. The molecule has 0 bridgehead atoms. The lowest BCUT2D eigenvalue weighted by atomic mass is 10.1. The van der Waals surface area contributed by atoms with Gasteiger partial charge in [-0.15, -0.1) is 0 Å². The maximum absolute atomic E-state index is 10.3. The van der Waals surface area contributed by atoms with Crippen molar-refractivity contribution in [2.45, 2.75) is 31.4 Å². The predicted molar refractivity (Wildman–Crippen MR) is 89.4 cm³/mol. The maximum atomic E-state index is 10.3. The van der Waals surface area contributed by atoms with Crippen molar-refractivity contribution in [1.29, 1.82) is 0 Å². The number of nitrogens with zero attached hydrogens (tertiary/aromatic N) is 4. The smallest absolute Gasteiger partial charge is 0.240 e. The lowest BCUT2D eigenvalue weighted by Gasteiger charge is -2.34. The van der Waals surface area contributed by atoms with Gasteiger partial charge in [0.15, 0.2) is 5.82 Å². The number of piperazine rings is 1. The zero-order valence-corrected chi connectivity index (χ0v) is 13.8. The van der Waals surface area contributed by atoms with Crippen molar-refractivity contribution < 1.29 is 9.63 Å². The summed E-state index contributed by atoms with van der Waals surface area (Å²) >= 11 is 0. The third-order valence-corrected chi connectivity index (χ3v) is 4.87. The second kappa shape index (κ2) is 7.01. The van der Waals surface area contributed by atoms with E-state index in [1.807, 2.05) is 30.3 Å². The molecule has 1 aliphatic carbocycles. The van der Waals surface area contributed by atoms with Gasteiger partial charge in [0.05, 0.1) is 12.6 Å². The Balaban J connectivity index is 1.24. The summed E-state index contributed by atoms with van der Waals surface area (Å²) < 4.78 is 5.36. The zero-order valence-electron chi connectivity index (χ0n) is 13.8. The van der Waals surface area contributed by atoms with E-state index in [0.29, 0.717) is 12.5 Å². The van der Waals surface area contributed by atoms with Crippen LogP contribution in [-0.4, -0.2) is 57.8 Å². The number of β-amino-alcohol motifs (C(OH)–C–C–N with tert-alkyl or cyclic N) is 1. The minimum absolute atomic E-state index is 0.421. The molecule has 0 radical (unpaired) electrons. The lowest BCUT2D eigenvalue weighted by Crippen LogP contribution is -2.47. The molecule has 4 rings (SSSR count). The summed E-state index contributed by atoms with van der Waals surface area (Å²) in [5.41, 5.74) is 0.985. The van der Waals surface area contributed by atoms with Gasteiger partial charge in [0.1, 0.15) is 0 Å². The van der Waals surface area contributed by atoms with Crippen molar-refractivity contribution >= 4 is 0 Å². The highest BCUT2D eigenvalue weighted by atomic mass is 16.5. The second-order valence-corrected chi connectivity index (χ2v) is 6.82. The Morgan fingerprint density at radius 2 is 1.79 bits per heavy atom. The first-order chi connectivity index (χ1) is 11.8.